The van der Waals surface area contributed by atoms with Crippen LogP contribution >= 0.6 is 0 Å². The van der Waals surface area contributed by atoms with E-state index in [4.69, 9.17) is 0 Å². The Balaban J connectivity index is 1.91. The second-order valence-electron chi connectivity index (χ2n) is 5.38. The summed E-state index contributed by atoms with van der Waals surface area (Å²) >= 11 is 0. The third-order valence-electron chi connectivity index (χ3n) is 3.42. The fourth-order valence-corrected chi connectivity index (χ4v) is 2.34. The largest absolute Gasteiger partial charge is 0.306 e. The number of hydrogen-bond acceptors (Lipinski definition) is 2. The van der Waals surface area contributed by atoms with Gasteiger partial charge in [-0.2, -0.15) is 5.10 Å². The lowest BCUT2D eigenvalue weighted by atomic mass is 10.1. The predicted molar refractivity (Wildman–Crippen MR) is 87.4 cm³/mol. The molecule has 0 bridgehead atoms. The monoisotopic (exact) mass is 309 g/mol. The number of nitrogens with one attached hydrogen (secondary N) is 1. The molecular weight excluding hydrogens is 293 g/mol. The van der Waals surface area contributed by atoms with Crippen molar-refractivity contribution in [2.75, 3.05) is 5.32 Å². The lowest BCUT2D eigenvalue weighted by Gasteiger charge is -2.09. The number of benzene rings is 2. The van der Waals surface area contributed by atoms with Gasteiger partial charge in [-0.15, -0.1) is 0 Å². The summed E-state index contributed by atoms with van der Waals surface area (Å²) in [4.78, 5) is 12.4. The molecule has 1 heterocycles. The fraction of sp³-hybridized carbons (Fsp3) is 0.111. The van der Waals surface area contributed by atoms with Crippen molar-refractivity contribution in [2.24, 2.45) is 0 Å². The number of nitrogens with zero attached hydrogens (tertiary/aromatic N) is 2. The Morgan fingerprint density at radius 2 is 1.83 bits per heavy atom. The number of rotatable bonds is 3. The minimum Gasteiger partial charge on any atom is -0.306 e. The molecule has 5 heteroatoms. The van der Waals surface area contributed by atoms with E-state index < -0.39 is 0 Å². The van der Waals surface area contributed by atoms with Crippen LogP contribution in [0.25, 0.3) is 5.69 Å². The van der Waals surface area contributed by atoms with Crippen LogP contribution in [0, 0.1) is 19.7 Å². The summed E-state index contributed by atoms with van der Waals surface area (Å²) in [5.41, 5.74) is 3.03. The fourth-order valence-electron chi connectivity index (χ4n) is 2.34. The molecule has 4 nitrogen and oxygen atoms in total. The molecule has 0 aliphatic carbocycles. The summed E-state index contributed by atoms with van der Waals surface area (Å²) < 4.78 is 14.7. The van der Waals surface area contributed by atoms with Crippen LogP contribution < -0.4 is 5.32 Å². The minimum atomic E-state index is -0.317. The van der Waals surface area contributed by atoms with Gasteiger partial charge in [0.05, 0.1) is 11.4 Å². The van der Waals surface area contributed by atoms with E-state index in [-0.39, 0.29) is 11.7 Å². The van der Waals surface area contributed by atoms with Gasteiger partial charge < -0.3 is 5.32 Å². The standard InChI is InChI=1S/C18H16FN3O/c1-12-4-3-5-14(10-12)18(23)20-17-11-13(2)21-22(17)16-8-6-15(19)7-9-16/h3-11H,1-2H3,(H,20,23). The molecule has 2 aromatic carbocycles. The molecule has 3 rings (SSSR count). The molecule has 0 saturated carbocycles. The van der Waals surface area contributed by atoms with Gasteiger partial charge in [-0.05, 0) is 50.2 Å². The number of anilines is 1. The zero-order chi connectivity index (χ0) is 16.4. The van der Waals surface area contributed by atoms with E-state index in [1.54, 1.807) is 28.9 Å². The first-order valence-electron chi connectivity index (χ1n) is 7.23. The van der Waals surface area contributed by atoms with Crippen LogP contribution in [0.15, 0.2) is 54.6 Å². The zero-order valence-corrected chi connectivity index (χ0v) is 12.9. The van der Waals surface area contributed by atoms with E-state index >= 15 is 0 Å². The van der Waals surface area contributed by atoms with Crippen LogP contribution in [0.5, 0.6) is 0 Å². The van der Waals surface area contributed by atoms with E-state index in [1.165, 1.54) is 12.1 Å². The van der Waals surface area contributed by atoms with Gasteiger partial charge in [0.2, 0.25) is 0 Å². The normalized spacial score (nSPS) is 10.6. The van der Waals surface area contributed by atoms with Gasteiger partial charge in [0, 0.05) is 11.6 Å². The average Bonchev–Trinajstić information content (AvgIpc) is 2.88. The summed E-state index contributed by atoms with van der Waals surface area (Å²) in [6.45, 7) is 3.77. The van der Waals surface area contributed by atoms with Crippen LogP contribution in [-0.4, -0.2) is 15.7 Å². The molecule has 0 unspecified atom stereocenters. The topological polar surface area (TPSA) is 46.9 Å². The highest BCUT2D eigenvalue weighted by Gasteiger charge is 2.12. The number of hydrogen-bond donors (Lipinski definition) is 1. The Morgan fingerprint density at radius 1 is 1.09 bits per heavy atom. The molecular formula is C18H16FN3O. The molecule has 0 radical (unpaired) electrons. The number of carbonyl (C=O) groups excluding carboxylic acids is 1. The van der Waals surface area contributed by atoms with Crippen molar-refractivity contribution in [3.8, 4) is 5.69 Å². The first kappa shape index (κ1) is 15.0. The van der Waals surface area contributed by atoms with Crippen molar-refractivity contribution in [3.05, 3.63) is 77.2 Å². The van der Waals surface area contributed by atoms with E-state index in [1.807, 2.05) is 32.0 Å². The van der Waals surface area contributed by atoms with Gasteiger partial charge in [0.15, 0.2) is 0 Å². The number of halogens is 1. The first-order chi connectivity index (χ1) is 11.0. The van der Waals surface area contributed by atoms with E-state index in [9.17, 15) is 9.18 Å². The van der Waals surface area contributed by atoms with Crippen LogP contribution in [0.1, 0.15) is 21.6 Å². The molecule has 0 aliphatic rings. The van der Waals surface area contributed by atoms with Crippen LogP contribution in [0.2, 0.25) is 0 Å². The molecule has 0 aliphatic heterocycles. The van der Waals surface area contributed by atoms with Crippen LogP contribution in [0.4, 0.5) is 10.2 Å². The Morgan fingerprint density at radius 3 is 2.52 bits per heavy atom. The lowest BCUT2D eigenvalue weighted by Crippen LogP contribution is -2.15. The van der Waals surface area contributed by atoms with Crippen molar-refractivity contribution in [2.45, 2.75) is 13.8 Å². The molecule has 23 heavy (non-hydrogen) atoms. The SMILES string of the molecule is Cc1cccc(C(=O)Nc2cc(C)nn2-c2ccc(F)cc2)c1. The number of aromatic nitrogens is 2. The smallest absolute Gasteiger partial charge is 0.256 e. The van der Waals surface area contributed by atoms with Gasteiger partial charge in [0.1, 0.15) is 11.6 Å². The molecule has 1 amide bonds. The Kier molecular flexibility index (Phi) is 3.93. The van der Waals surface area contributed by atoms with E-state index in [0.717, 1.165) is 11.3 Å². The molecule has 116 valence electrons. The third kappa shape index (κ3) is 3.29. The highest BCUT2D eigenvalue weighted by atomic mass is 19.1. The maximum absolute atomic E-state index is 13.1. The maximum atomic E-state index is 13.1. The molecule has 1 N–H and O–H groups in total. The highest BCUT2D eigenvalue weighted by molar-refractivity contribution is 6.04. The molecule has 0 saturated heterocycles. The van der Waals surface area contributed by atoms with Crippen molar-refractivity contribution in [1.82, 2.24) is 9.78 Å². The van der Waals surface area contributed by atoms with Crippen molar-refractivity contribution in [1.29, 1.82) is 0 Å². The number of carbonyl (C=O) groups is 1. The predicted octanol–water partition coefficient (Wildman–Crippen LogP) is 3.88. The van der Waals surface area contributed by atoms with Crippen molar-refractivity contribution < 1.29 is 9.18 Å². The summed E-state index contributed by atoms with van der Waals surface area (Å²) in [6, 6.07) is 15.1. The maximum Gasteiger partial charge on any atom is 0.256 e. The minimum absolute atomic E-state index is 0.211. The molecule has 0 atom stereocenters. The Bertz CT molecular complexity index is 853. The third-order valence-corrected chi connectivity index (χ3v) is 3.42. The Hall–Kier alpha value is -2.95. The number of aryl methyl sites for hydroxylation is 2. The average molecular weight is 309 g/mol. The van der Waals surface area contributed by atoms with Gasteiger partial charge >= 0.3 is 0 Å². The summed E-state index contributed by atoms with van der Waals surface area (Å²) in [6.07, 6.45) is 0. The molecule has 1 aromatic heterocycles. The van der Waals surface area contributed by atoms with Gasteiger partial charge in [-0.1, -0.05) is 17.7 Å². The molecule has 0 spiro atoms. The van der Waals surface area contributed by atoms with Crippen molar-refractivity contribution in [3.63, 3.8) is 0 Å². The number of amides is 1. The van der Waals surface area contributed by atoms with Gasteiger partial charge in [-0.25, -0.2) is 9.07 Å². The van der Waals surface area contributed by atoms with Gasteiger partial charge in [-0.3, -0.25) is 4.79 Å². The second-order valence-corrected chi connectivity index (χ2v) is 5.38. The summed E-state index contributed by atoms with van der Waals surface area (Å²) in [5.74, 6) is 0.0144. The molecule has 3 aromatic rings. The van der Waals surface area contributed by atoms with Crippen LogP contribution in [-0.2, 0) is 0 Å². The van der Waals surface area contributed by atoms with Gasteiger partial charge in [0.25, 0.3) is 5.91 Å². The first-order valence-corrected chi connectivity index (χ1v) is 7.23. The van der Waals surface area contributed by atoms with Crippen LogP contribution in [0.3, 0.4) is 0 Å². The van der Waals surface area contributed by atoms with E-state index in [0.29, 0.717) is 17.1 Å². The second kappa shape index (κ2) is 6.04. The summed E-state index contributed by atoms with van der Waals surface area (Å²) in [5, 5.41) is 7.21. The zero-order valence-electron chi connectivity index (χ0n) is 12.9. The Labute approximate surface area is 133 Å². The van der Waals surface area contributed by atoms with E-state index in [2.05, 4.69) is 10.4 Å². The van der Waals surface area contributed by atoms with Crippen molar-refractivity contribution >= 4 is 11.7 Å². The highest BCUT2D eigenvalue weighted by Crippen LogP contribution is 2.18. The summed E-state index contributed by atoms with van der Waals surface area (Å²) in [7, 11) is 0. The lowest BCUT2D eigenvalue weighted by molar-refractivity contribution is 0.102. The quantitative estimate of drug-likeness (QED) is 0.798. The molecule has 0 fully saturated rings.